The Balaban J connectivity index is 2.81. The fourth-order valence-electron chi connectivity index (χ4n) is 1.71. The number of ether oxygens (including phenoxy) is 3. The highest BCUT2D eigenvalue weighted by Crippen LogP contribution is 2.27. The molecule has 1 aromatic rings. The third-order valence-electron chi connectivity index (χ3n) is 2.58. The van der Waals surface area contributed by atoms with Gasteiger partial charge in [-0.25, -0.2) is 4.79 Å². The molecule has 0 unspecified atom stereocenters. The Hall–Kier alpha value is -1.75. The Kier molecular flexibility index (Phi) is 6.15. The highest BCUT2D eigenvalue weighted by molar-refractivity contribution is 5.75. The van der Waals surface area contributed by atoms with Crippen molar-refractivity contribution in [1.82, 2.24) is 0 Å². The molecule has 0 aliphatic carbocycles. The van der Waals surface area contributed by atoms with Crippen LogP contribution in [0.25, 0.3) is 0 Å². The Morgan fingerprint density at radius 2 is 2.05 bits per heavy atom. The molecule has 0 aliphatic heterocycles. The third kappa shape index (κ3) is 4.44. The van der Waals surface area contributed by atoms with E-state index in [9.17, 15) is 9.90 Å². The molecule has 0 heterocycles. The van der Waals surface area contributed by atoms with Gasteiger partial charge in [-0.05, 0) is 31.5 Å². The van der Waals surface area contributed by atoms with Crippen LogP contribution >= 0.6 is 0 Å². The fraction of sp³-hybridized carbons (Fsp3) is 0.500. The van der Waals surface area contributed by atoms with Gasteiger partial charge < -0.3 is 19.3 Å². The summed E-state index contributed by atoms with van der Waals surface area (Å²) in [6.07, 6.45) is -0.261. The van der Waals surface area contributed by atoms with E-state index in [1.807, 2.05) is 6.92 Å². The molecule has 0 bridgehead atoms. The van der Waals surface area contributed by atoms with E-state index in [-0.39, 0.29) is 11.7 Å². The number of phenolic OH excluding ortho intramolecular Hbond substituents is 1. The number of hydrogen-bond donors (Lipinski definition) is 1. The summed E-state index contributed by atoms with van der Waals surface area (Å²) in [5.41, 5.74) is 0.834. The maximum Gasteiger partial charge on any atom is 0.335 e. The van der Waals surface area contributed by atoms with Gasteiger partial charge in [-0.3, -0.25) is 0 Å². The molecule has 0 aliphatic rings. The lowest BCUT2D eigenvalue weighted by Gasteiger charge is -2.16. The Labute approximate surface area is 113 Å². The van der Waals surface area contributed by atoms with Gasteiger partial charge in [0.1, 0.15) is 0 Å². The summed E-state index contributed by atoms with van der Waals surface area (Å²) in [4.78, 5) is 11.7. The topological polar surface area (TPSA) is 65.0 Å². The maximum atomic E-state index is 11.7. The van der Waals surface area contributed by atoms with Crippen LogP contribution in [0.3, 0.4) is 0 Å². The first-order chi connectivity index (χ1) is 9.12. The van der Waals surface area contributed by atoms with Crippen LogP contribution in [-0.4, -0.2) is 37.5 Å². The largest absolute Gasteiger partial charge is 0.504 e. The van der Waals surface area contributed by atoms with E-state index in [0.29, 0.717) is 25.4 Å². The summed E-state index contributed by atoms with van der Waals surface area (Å²) in [7, 11) is 1.48. The zero-order valence-corrected chi connectivity index (χ0v) is 11.5. The number of hydrogen-bond acceptors (Lipinski definition) is 5. The molecule has 0 saturated carbocycles. The second kappa shape index (κ2) is 7.63. The van der Waals surface area contributed by atoms with E-state index >= 15 is 0 Å². The Morgan fingerprint density at radius 1 is 1.32 bits per heavy atom. The summed E-state index contributed by atoms with van der Waals surface area (Å²) in [5, 5.41) is 9.52. The summed E-state index contributed by atoms with van der Waals surface area (Å²) < 4.78 is 15.4. The molecule has 106 valence electrons. The normalized spacial score (nSPS) is 11.9. The molecule has 1 aromatic carbocycles. The maximum absolute atomic E-state index is 11.7. The zero-order chi connectivity index (χ0) is 14.3. The van der Waals surface area contributed by atoms with Crippen molar-refractivity contribution >= 4 is 5.97 Å². The molecule has 0 spiro atoms. The van der Waals surface area contributed by atoms with Gasteiger partial charge >= 0.3 is 5.97 Å². The molecule has 0 saturated heterocycles. The van der Waals surface area contributed by atoms with Crippen molar-refractivity contribution in [3.63, 3.8) is 0 Å². The number of phenols is 1. The molecule has 0 amide bonds. The van der Waals surface area contributed by atoms with Crippen LogP contribution in [-0.2, 0) is 20.7 Å². The lowest BCUT2D eigenvalue weighted by atomic mass is 10.1. The van der Waals surface area contributed by atoms with Crippen LogP contribution in [0.4, 0.5) is 0 Å². The minimum Gasteiger partial charge on any atom is -0.504 e. The lowest BCUT2D eigenvalue weighted by molar-refractivity contribution is -0.156. The van der Waals surface area contributed by atoms with Crippen molar-refractivity contribution in [2.75, 3.05) is 20.3 Å². The molecule has 19 heavy (non-hydrogen) atoms. The van der Waals surface area contributed by atoms with Gasteiger partial charge in [-0.2, -0.15) is 0 Å². The van der Waals surface area contributed by atoms with Crippen molar-refractivity contribution in [3.8, 4) is 11.5 Å². The van der Waals surface area contributed by atoms with Crippen LogP contribution in [0.2, 0.25) is 0 Å². The minimum absolute atomic E-state index is 0.0651. The second-order valence-corrected chi connectivity index (χ2v) is 3.91. The second-order valence-electron chi connectivity index (χ2n) is 3.91. The molecule has 5 nitrogen and oxygen atoms in total. The first kappa shape index (κ1) is 15.3. The highest BCUT2D eigenvalue weighted by Gasteiger charge is 2.21. The van der Waals surface area contributed by atoms with Crippen LogP contribution < -0.4 is 4.74 Å². The van der Waals surface area contributed by atoms with E-state index in [0.717, 1.165) is 5.56 Å². The summed E-state index contributed by atoms with van der Waals surface area (Å²) in [6, 6.07) is 4.94. The smallest absolute Gasteiger partial charge is 0.335 e. The van der Waals surface area contributed by atoms with Crippen molar-refractivity contribution in [2.45, 2.75) is 26.4 Å². The van der Waals surface area contributed by atoms with Crippen LogP contribution in [0, 0.1) is 0 Å². The predicted molar refractivity (Wildman–Crippen MR) is 70.4 cm³/mol. The standard InChI is InChI=1S/C14H20O5/c1-4-18-13(14(16)19-5-2)9-10-6-7-11(15)12(8-10)17-3/h6-8,13,15H,4-5,9H2,1-3H3/t13-/m1/s1. The van der Waals surface area contributed by atoms with Gasteiger partial charge in [0.25, 0.3) is 0 Å². The van der Waals surface area contributed by atoms with E-state index in [1.54, 1.807) is 19.1 Å². The summed E-state index contributed by atoms with van der Waals surface area (Å²) in [6.45, 7) is 4.33. The number of carbonyl (C=O) groups excluding carboxylic acids is 1. The fourth-order valence-corrected chi connectivity index (χ4v) is 1.71. The molecule has 1 rings (SSSR count). The Morgan fingerprint density at radius 3 is 2.63 bits per heavy atom. The SMILES string of the molecule is CCOC(=O)[C@@H](Cc1ccc(O)c(OC)c1)OCC. The minimum atomic E-state index is -0.640. The molecule has 5 heteroatoms. The quantitative estimate of drug-likeness (QED) is 0.765. The monoisotopic (exact) mass is 268 g/mol. The van der Waals surface area contributed by atoms with Crippen molar-refractivity contribution in [1.29, 1.82) is 0 Å². The number of methoxy groups -OCH3 is 1. The third-order valence-corrected chi connectivity index (χ3v) is 2.58. The van der Waals surface area contributed by atoms with Gasteiger partial charge in [-0.15, -0.1) is 0 Å². The summed E-state index contributed by atoms with van der Waals surface area (Å²) >= 11 is 0. The van der Waals surface area contributed by atoms with Crippen molar-refractivity contribution in [3.05, 3.63) is 23.8 Å². The van der Waals surface area contributed by atoms with E-state index in [2.05, 4.69) is 0 Å². The van der Waals surface area contributed by atoms with Gasteiger partial charge in [0, 0.05) is 13.0 Å². The summed E-state index contributed by atoms with van der Waals surface area (Å²) in [5.74, 6) is 0.0587. The molecule has 1 N–H and O–H groups in total. The molecule has 0 radical (unpaired) electrons. The van der Waals surface area contributed by atoms with Gasteiger partial charge in [0.05, 0.1) is 13.7 Å². The number of benzene rings is 1. The molecular formula is C14H20O5. The van der Waals surface area contributed by atoms with Crippen LogP contribution in [0.5, 0.6) is 11.5 Å². The number of esters is 1. The molecular weight excluding hydrogens is 248 g/mol. The average Bonchev–Trinajstić information content (AvgIpc) is 2.40. The molecule has 1 atom stereocenters. The van der Waals surface area contributed by atoms with E-state index < -0.39 is 6.10 Å². The van der Waals surface area contributed by atoms with E-state index in [4.69, 9.17) is 14.2 Å². The van der Waals surface area contributed by atoms with Crippen LogP contribution in [0.15, 0.2) is 18.2 Å². The Bertz CT molecular complexity index is 416. The molecule has 0 aromatic heterocycles. The van der Waals surface area contributed by atoms with Crippen LogP contribution in [0.1, 0.15) is 19.4 Å². The zero-order valence-electron chi connectivity index (χ0n) is 11.5. The highest BCUT2D eigenvalue weighted by atomic mass is 16.6. The molecule has 0 fully saturated rings. The van der Waals surface area contributed by atoms with Gasteiger partial charge in [-0.1, -0.05) is 6.07 Å². The van der Waals surface area contributed by atoms with Gasteiger partial charge in [0.15, 0.2) is 17.6 Å². The number of rotatable bonds is 7. The van der Waals surface area contributed by atoms with E-state index in [1.165, 1.54) is 13.2 Å². The lowest BCUT2D eigenvalue weighted by Crippen LogP contribution is -2.29. The van der Waals surface area contributed by atoms with Crippen molar-refractivity contribution < 1.29 is 24.1 Å². The van der Waals surface area contributed by atoms with Gasteiger partial charge in [0.2, 0.25) is 0 Å². The average molecular weight is 268 g/mol. The predicted octanol–water partition coefficient (Wildman–Crippen LogP) is 1.91. The number of aromatic hydroxyl groups is 1. The first-order valence-corrected chi connectivity index (χ1v) is 6.26. The number of carbonyl (C=O) groups is 1. The van der Waals surface area contributed by atoms with Crippen molar-refractivity contribution in [2.24, 2.45) is 0 Å². The first-order valence-electron chi connectivity index (χ1n) is 6.26.